The molecule has 0 heterocycles. The van der Waals surface area contributed by atoms with Crippen molar-refractivity contribution in [2.45, 2.75) is 25.7 Å². The summed E-state index contributed by atoms with van der Waals surface area (Å²) < 4.78 is 10.8. The highest BCUT2D eigenvalue weighted by molar-refractivity contribution is 5.98. The molecule has 0 aromatic heterocycles. The Balaban J connectivity index is 2.50. The van der Waals surface area contributed by atoms with Gasteiger partial charge in [-0.25, -0.2) is 0 Å². The first kappa shape index (κ1) is 12.7. The maximum atomic E-state index is 11.7. The fraction of sp³-hybridized carbons (Fsp3) is 0.400. The molecule has 96 valence electrons. The van der Waals surface area contributed by atoms with Gasteiger partial charge in [0, 0.05) is 6.42 Å². The first-order valence-corrected chi connectivity index (χ1v) is 6.21. The van der Waals surface area contributed by atoms with E-state index in [1.165, 1.54) is 0 Å². The van der Waals surface area contributed by atoms with Crippen LogP contribution in [0, 0.1) is 0 Å². The molecular weight excluding hydrogens is 228 g/mol. The first-order chi connectivity index (χ1) is 8.76. The van der Waals surface area contributed by atoms with Gasteiger partial charge in [0.1, 0.15) is 11.5 Å². The third-order valence-corrected chi connectivity index (χ3v) is 3.20. The predicted octanol–water partition coefficient (Wildman–Crippen LogP) is 3.23. The van der Waals surface area contributed by atoms with Gasteiger partial charge in [-0.05, 0) is 43.0 Å². The van der Waals surface area contributed by atoms with E-state index >= 15 is 0 Å². The van der Waals surface area contributed by atoms with E-state index in [-0.39, 0.29) is 5.78 Å². The summed E-state index contributed by atoms with van der Waals surface area (Å²) in [6.07, 6.45) is 5.26. The van der Waals surface area contributed by atoms with Gasteiger partial charge in [0.15, 0.2) is 5.78 Å². The molecule has 1 aromatic carbocycles. The first-order valence-electron chi connectivity index (χ1n) is 6.21. The molecule has 0 radical (unpaired) electrons. The van der Waals surface area contributed by atoms with Gasteiger partial charge in [-0.1, -0.05) is 6.07 Å². The van der Waals surface area contributed by atoms with E-state index < -0.39 is 0 Å². The Kier molecular flexibility index (Phi) is 4.03. The van der Waals surface area contributed by atoms with Crippen LogP contribution in [0.3, 0.4) is 0 Å². The van der Waals surface area contributed by atoms with Crippen LogP contribution >= 0.6 is 0 Å². The van der Waals surface area contributed by atoms with E-state index in [9.17, 15) is 4.79 Å². The normalized spacial score (nSPS) is 15.9. The molecule has 0 saturated heterocycles. The van der Waals surface area contributed by atoms with Gasteiger partial charge in [-0.2, -0.15) is 0 Å². The van der Waals surface area contributed by atoms with Gasteiger partial charge in [0.2, 0.25) is 0 Å². The van der Waals surface area contributed by atoms with Crippen molar-refractivity contribution in [2.24, 2.45) is 0 Å². The maximum absolute atomic E-state index is 11.7. The van der Waals surface area contributed by atoms with Crippen LogP contribution in [0.25, 0.3) is 5.57 Å². The molecule has 18 heavy (non-hydrogen) atoms. The molecule has 1 aromatic rings. The number of hydrogen-bond donors (Lipinski definition) is 0. The zero-order chi connectivity index (χ0) is 13.0. The van der Waals surface area contributed by atoms with Gasteiger partial charge in [0.25, 0.3) is 0 Å². The molecule has 0 atom stereocenters. The summed E-state index contributed by atoms with van der Waals surface area (Å²) in [6.45, 7) is 0. The van der Waals surface area contributed by atoms with Crippen LogP contribution in [-0.2, 0) is 4.79 Å². The van der Waals surface area contributed by atoms with Crippen molar-refractivity contribution in [3.05, 3.63) is 29.8 Å². The van der Waals surface area contributed by atoms with Gasteiger partial charge >= 0.3 is 0 Å². The standard InChI is InChI=1S/C15H18O3/c1-17-13-8-5-9-14(18-2)15(13)11-6-3-4-7-12(16)10-11/h5,8-10H,3-4,6-7H2,1-2H3. The maximum Gasteiger partial charge on any atom is 0.155 e. The number of hydrogen-bond acceptors (Lipinski definition) is 3. The molecule has 0 bridgehead atoms. The minimum absolute atomic E-state index is 0.190. The molecule has 0 spiro atoms. The van der Waals surface area contributed by atoms with Crippen LogP contribution in [0.5, 0.6) is 11.5 Å². The fourth-order valence-corrected chi connectivity index (χ4v) is 2.32. The number of benzene rings is 1. The minimum Gasteiger partial charge on any atom is -0.496 e. The number of allylic oxidation sites excluding steroid dienone is 2. The van der Waals surface area contributed by atoms with E-state index in [1.807, 2.05) is 18.2 Å². The number of ketones is 1. The molecular formula is C15H18O3. The summed E-state index contributed by atoms with van der Waals surface area (Å²) in [4.78, 5) is 11.7. The lowest BCUT2D eigenvalue weighted by molar-refractivity contribution is -0.114. The lowest BCUT2D eigenvalue weighted by atomic mass is 9.99. The smallest absolute Gasteiger partial charge is 0.155 e. The van der Waals surface area contributed by atoms with Crippen molar-refractivity contribution in [1.82, 2.24) is 0 Å². The monoisotopic (exact) mass is 246 g/mol. The Morgan fingerprint density at radius 3 is 2.22 bits per heavy atom. The average Bonchev–Trinajstić information content (AvgIpc) is 2.62. The molecule has 0 N–H and O–H groups in total. The van der Waals surface area contributed by atoms with Crippen LogP contribution in [-0.4, -0.2) is 20.0 Å². The summed E-state index contributed by atoms with van der Waals surface area (Å²) >= 11 is 0. The van der Waals surface area contributed by atoms with Crippen molar-refractivity contribution < 1.29 is 14.3 Å². The topological polar surface area (TPSA) is 35.5 Å². The third-order valence-electron chi connectivity index (χ3n) is 3.20. The molecule has 1 aliphatic carbocycles. The molecule has 0 amide bonds. The molecule has 3 heteroatoms. The van der Waals surface area contributed by atoms with E-state index in [2.05, 4.69) is 0 Å². The van der Waals surface area contributed by atoms with E-state index in [4.69, 9.17) is 9.47 Å². The van der Waals surface area contributed by atoms with E-state index in [1.54, 1.807) is 20.3 Å². The highest BCUT2D eigenvalue weighted by atomic mass is 16.5. The molecule has 2 rings (SSSR count). The largest absolute Gasteiger partial charge is 0.496 e. The van der Waals surface area contributed by atoms with Gasteiger partial charge in [0.05, 0.1) is 19.8 Å². The second-order valence-corrected chi connectivity index (χ2v) is 4.38. The summed E-state index contributed by atoms with van der Waals surface area (Å²) in [5.74, 6) is 1.71. The summed E-state index contributed by atoms with van der Waals surface area (Å²) in [5, 5.41) is 0. The lowest BCUT2D eigenvalue weighted by Gasteiger charge is -2.15. The Hall–Kier alpha value is -1.77. The number of rotatable bonds is 3. The van der Waals surface area contributed by atoms with Gasteiger partial charge in [-0.3, -0.25) is 4.79 Å². The third kappa shape index (κ3) is 2.55. The Morgan fingerprint density at radius 1 is 1.00 bits per heavy atom. The average molecular weight is 246 g/mol. The highest BCUT2D eigenvalue weighted by Crippen LogP contribution is 2.38. The molecule has 0 unspecified atom stereocenters. The molecule has 0 fully saturated rings. The van der Waals surface area contributed by atoms with Crippen molar-refractivity contribution in [2.75, 3.05) is 14.2 Å². The Morgan fingerprint density at radius 2 is 1.61 bits per heavy atom. The van der Waals surface area contributed by atoms with Crippen molar-refractivity contribution in [3.8, 4) is 11.5 Å². The number of methoxy groups -OCH3 is 2. The molecule has 0 saturated carbocycles. The van der Waals surface area contributed by atoms with E-state index in [0.29, 0.717) is 6.42 Å². The zero-order valence-electron chi connectivity index (χ0n) is 10.9. The Bertz CT molecular complexity index is 452. The van der Waals surface area contributed by atoms with Crippen LogP contribution < -0.4 is 9.47 Å². The van der Waals surface area contributed by atoms with Crippen molar-refractivity contribution in [3.63, 3.8) is 0 Å². The Labute approximate surface area is 107 Å². The SMILES string of the molecule is COc1cccc(OC)c1C1=CC(=O)CCCC1. The summed E-state index contributed by atoms with van der Waals surface area (Å²) in [7, 11) is 3.27. The number of ether oxygens (including phenoxy) is 2. The highest BCUT2D eigenvalue weighted by Gasteiger charge is 2.17. The second kappa shape index (κ2) is 5.71. The summed E-state index contributed by atoms with van der Waals surface area (Å²) in [6, 6.07) is 5.68. The van der Waals surface area contributed by atoms with E-state index in [0.717, 1.165) is 41.9 Å². The van der Waals surface area contributed by atoms with Crippen LogP contribution in [0.2, 0.25) is 0 Å². The predicted molar refractivity (Wildman–Crippen MR) is 71.0 cm³/mol. The van der Waals surface area contributed by atoms with Crippen LogP contribution in [0.4, 0.5) is 0 Å². The fourth-order valence-electron chi connectivity index (χ4n) is 2.32. The zero-order valence-corrected chi connectivity index (χ0v) is 10.9. The van der Waals surface area contributed by atoms with Gasteiger partial charge in [-0.15, -0.1) is 0 Å². The van der Waals surface area contributed by atoms with Crippen LogP contribution in [0.15, 0.2) is 24.3 Å². The molecule has 1 aliphatic rings. The van der Waals surface area contributed by atoms with Crippen molar-refractivity contribution in [1.29, 1.82) is 0 Å². The lowest BCUT2D eigenvalue weighted by Crippen LogP contribution is -1.97. The number of carbonyl (C=O) groups is 1. The van der Waals surface area contributed by atoms with Crippen LogP contribution in [0.1, 0.15) is 31.2 Å². The second-order valence-electron chi connectivity index (χ2n) is 4.38. The molecule has 0 aliphatic heterocycles. The van der Waals surface area contributed by atoms with Gasteiger partial charge < -0.3 is 9.47 Å². The number of carbonyl (C=O) groups excluding carboxylic acids is 1. The molecule has 3 nitrogen and oxygen atoms in total. The minimum atomic E-state index is 0.190. The van der Waals surface area contributed by atoms with Crippen molar-refractivity contribution >= 4 is 11.4 Å². The summed E-state index contributed by atoms with van der Waals surface area (Å²) in [5.41, 5.74) is 1.93. The quantitative estimate of drug-likeness (QED) is 0.821.